The maximum Gasteiger partial charge on any atom is 0.310 e. The molecule has 0 unspecified atom stereocenters. The summed E-state index contributed by atoms with van der Waals surface area (Å²) in [6.07, 6.45) is 1.90. The standard InChI is InChI=1S/C14H19NO2/c1-2-17-14(16)12-8-9-13(15-10-12)11-6-4-3-5-7-11/h3-7,12-13,15H,2,8-10H2,1H3/t12-,13+/m1/s1. The van der Waals surface area contributed by atoms with Gasteiger partial charge in [-0.3, -0.25) is 4.79 Å². The van der Waals surface area contributed by atoms with Crippen LogP contribution in [-0.4, -0.2) is 19.1 Å². The maximum absolute atomic E-state index is 11.6. The largest absolute Gasteiger partial charge is 0.466 e. The van der Waals surface area contributed by atoms with Gasteiger partial charge in [-0.25, -0.2) is 0 Å². The van der Waals surface area contributed by atoms with E-state index in [1.165, 1.54) is 5.56 Å². The van der Waals surface area contributed by atoms with Crippen LogP contribution in [0.5, 0.6) is 0 Å². The first-order chi connectivity index (χ1) is 8.31. The van der Waals surface area contributed by atoms with Crippen molar-refractivity contribution >= 4 is 5.97 Å². The SMILES string of the molecule is CCOC(=O)[C@@H]1CC[C@@H](c2ccccc2)NC1. The predicted octanol–water partition coefficient (Wildman–Crippen LogP) is 2.29. The average molecular weight is 233 g/mol. The minimum atomic E-state index is -0.0634. The molecule has 0 bridgehead atoms. The summed E-state index contributed by atoms with van der Waals surface area (Å²) in [5.74, 6) is -0.0403. The third-order valence-electron chi connectivity index (χ3n) is 3.24. The Hall–Kier alpha value is -1.35. The van der Waals surface area contributed by atoms with E-state index in [2.05, 4.69) is 29.6 Å². The lowest BCUT2D eigenvalue weighted by molar-refractivity contribution is -0.148. The van der Waals surface area contributed by atoms with Crippen molar-refractivity contribution in [3.8, 4) is 0 Å². The summed E-state index contributed by atoms with van der Waals surface area (Å²) in [6.45, 7) is 3.04. The monoisotopic (exact) mass is 233 g/mol. The van der Waals surface area contributed by atoms with Gasteiger partial charge in [-0.15, -0.1) is 0 Å². The van der Waals surface area contributed by atoms with Gasteiger partial charge >= 0.3 is 5.97 Å². The summed E-state index contributed by atoms with van der Waals surface area (Å²) in [6, 6.07) is 10.8. The second kappa shape index (κ2) is 5.82. The molecule has 0 aliphatic carbocycles. The molecule has 1 aliphatic heterocycles. The fraction of sp³-hybridized carbons (Fsp3) is 0.500. The Bertz CT molecular complexity index is 356. The Morgan fingerprint density at radius 1 is 1.35 bits per heavy atom. The van der Waals surface area contributed by atoms with Gasteiger partial charge in [-0.1, -0.05) is 30.3 Å². The minimum Gasteiger partial charge on any atom is -0.466 e. The minimum absolute atomic E-state index is 0.0231. The summed E-state index contributed by atoms with van der Waals surface area (Å²) in [5.41, 5.74) is 1.30. The van der Waals surface area contributed by atoms with Gasteiger partial charge in [0.25, 0.3) is 0 Å². The van der Waals surface area contributed by atoms with E-state index in [-0.39, 0.29) is 11.9 Å². The number of piperidine rings is 1. The molecular formula is C14H19NO2. The molecular weight excluding hydrogens is 214 g/mol. The van der Waals surface area contributed by atoms with E-state index >= 15 is 0 Å². The first kappa shape index (κ1) is 12.1. The van der Waals surface area contributed by atoms with Crippen molar-refractivity contribution in [2.24, 2.45) is 5.92 Å². The lowest BCUT2D eigenvalue weighted by atomic mass is 9.91. The Morgan fingerprint density at radius 3 is 2.71 bits per heavy atom. The molecule has 3 nitrogen and oxygen atoms in total. The molecule has 0 radical (unpaired) electrons. The zero-order valence-corrected chi connectivity index (χ0v) is 10.2. The summed E-state index contributed by atoms with van der Waals surface area (Å²) >= 11 is 0. The van der Waals surface area contributed by atoms with Crippen LogP contribution in [0.1, 0.15) is 31.4 Å². The van der Waals surface area contributed by atoms with E-state index in [0.29, 0.717) is 12.6 Å². The van der Waals surface area contributed by atoms with Crippen LogP contribution in [-0.2, 0) is 9.53 Å². The molecule has 17 heavy (non-hydrogen) atoms. The molecule has 1 fully saturated rings. The van der Waals surface area contributed by atoms with E-state index in [4.69, 9.17) is 4.74 Å². The molecule has 2 atom stereocenters. The van der Waals surface area contributed by atoms with E-state index in [1.54, 1.807) is 0 Å². The molecule has 0 aromatic heterocycles. The van der Waals surface area contributed by atoms with E-state index in [1.807, 2.05) is 13.0 Å². The number of rotatable bonds is 3. The summed E-state index contributed by atoms with van der Waals surface area (Å²) in [7, 11) is 0. The third kappa shape index (κ3) is 3.07. The Balaban J connectivity index is 1.88. The number of esters is 1. The van der Waals surface area contributed by atoms with Gasteiger partial charge in [0, 0.05) is 12.6 Å². The summed E-state index contributed by atoms with van der Waals surface area (Å²) < 4.78 is 5.04. The lowest BCUT2D eigenvalue weighted by Gasteiger charge is -2.28. The van der Waals surface area contributed by atoms with Crippen LogP contribution < -0.4 is 5.32 Å². The van der Waals surface area contributed by atoms with Crippen LogP contribution >= 0.6 is 0 Å². The van der Waals surface area contributed by atoms with E-state index < -0.39 is 0 Å². The van der Waals surface area contributed by atoms with Crippen molar-refractivity contribution in [3.05, 3.63) is 35.9 Å². The Labute approximate surface area is 102 Å². The van der Waals surface area contributed by atoms with Crippen molar-refractivity contribution in [1.82, 2.24) is 5.32 Å². The number of carbonyl (C=O) groups excluding carboxylic acids is 1. The van der Waals surface area contributed by atoms with E-state index in [9.17, 15) is 4.79 Å². The first-order valence-electron chi connectivity index (χ1n) is 6.26. The van der Waals surface area contributed by atoms with Gasteiger partial charge in [0.2, 0.25) is 0 Å². The molecule has 1 aliphatic rings. The molecule has 2 rings (SSSR count). The fourth-order valence-corrected chi connectivity index (χ4v) is 2.29. The zero-order chi connectivity index (χ0) is 12.1. The molecule has 1 aromatic rings. The molecule has 1 aromatic carbocycles. The van der Waals surface area contributed by atoms with Crippen LogP contribution in [0.3, 0.4) is 0 Å². The van der Waals surface area contributed by atoms with Gasteiger partial charge in [0.05, 0.1) is 12.5 Å². The van der Waals surface area contributed by atoms with E-state index in [0.717, 1.165) is 19.4 Å². The van der Waals surface area contributed by atoms with Crippen LogP contribution in [0.2, 0.25) is 0 Å². The second-order valence-electron chi connectivity index (χ2n) is 4.40. The first-order valence-corrected chi connectivity index (χ1v) is 6.26. The summed E-state index contributed by atoms with van der Waals surface area (Å²) in [5, 5.41) is 3.42. The molecule has 92 valence electrons. The van der Waals surface area contributed by atoms with Crippen molar-refractivity contribution in [2.45, 2.75) is 25.8 Å². The predicted molar refractivity (Wildman–Crippen MR) is 66.5 cm³/mol. The van der Waals surface area contributed by atoms with Gasteiger partial charge in [0.1, 0.15) is 0 Å². The van der Waals surface area contributed by atoms with Crippen molar-refractivity contribution in [3.63, 3.8) is 0 Å². The lowest BCUT2D eigenvalue weighted by Crippen LogP contribution is -2.37. The molecule has 0 amide bonds. The van der Waals surface area contributed by atoms with Gasteiger partial charge < -0.3 is 10.1 Å². The number of ether oxygens (including phenoxy) is 1. The van der Waals surface area contributed by atoms with Gasteiger partial charge in [0.15, 0.2) is 0 Å². The summed E-state index contributed by atoms with van der Waals surface area (Å²) in [4.78, 5) is 11.6. The number of nitrogens with one attached hydrogen (secondary N) is 1. The molecule has 1 heterocycles. The number of hydrogen-bond acceptors (Lipinski definition) is 3. The molecule has 3 heteroatoms. The molecule has 1 saturated heterocycles. The van der Waals surface area contributed by atoms with Crippen molar-refractivity contribution in [2.75, 3.05) is 13.2 Å². The highest BCUT2D eigenvalue weighted by molar-refractivity contribution is 5.72. The smallest absolute Gasteiger partial charge is 0.310 e. The van der Waals surface area contributed by atoms with Crippen LogP contribution in [0.25, 0.3) is 0 Å². The second-order valence-corrected chi connectivity index (χ2v) is 4.40. The molecule has 1 N–H and O–H groups in total. The van der Waals surface area contributed by atoms with Crippen LogP contribution in [0.15, 0.2) is 30.3 Å². The fourth-order valence-electron chi connectivity index (χ4n) is 2.29. The third-order valence-corrected chi connectivity index (χ3v) is 3.24. The van der Waals surface area contributed by atoms with Crippen molar-refractivity contribution in [1.29, 1.82) is 0 Å². The maximum atomic E-state index is 11.6. The van der Waals surface area contributed by atoms with Crippen molar-refractivity contribution < 1.29 is 9.53 Å². The number of benzene rings is 1. The Morgan fingerprint density at radius 2 is 2.12 bits per heavy atom. The molecule has 0 spiro atoms. The topological polar surface area (TPSA) is 38.3 Å². The number of hydrogen-bond donors (Lipinski definition) is 1. The normalized spacial score (nSPS) is 24.3. The highest BCUT2D eigenvalue weighted by atomic mass is 16.5. The van der Waals surface area contributed by atoms with Gasteiger partial charge in [-0.2, -0.15) is 0 Å². The Kier molecular flexibility index (Phi) is 4.15. The highest BCUT2D eigenvalue weighted by Crippen LogP contribution is 2.26. The highest BCUT2D eigenvalue weighted by Gasteiger charge is 2.27. The number of carbonyl (C=O) groups is 1. The molecule has 0 saturated carbocycles. The van der Waals surface area contributed by atoms with Crippen LogP contribution in [0, 0.1) is 5.92 Å². The van der Waals surface area contributed by atoms with Gasteiger partial charge in [-0.05, 0) is 25.3 Å². The van der Waals surface area contributed by atoms with Crippen LogP contribution in [0.4, 0.5) is 0 Å². The average Bonchev–Trinajstić information content (AvgIpc) is 2.40. The zero-order valence-electron chi connectivity index (χ0n) is 10.2. The quantitative estimate of drug-likeness (QED) is 0.814.